The van der Waals surface area contributed by atoms with Crippen molar-refractivity contribution >= 4 is 40.3 Å². The Balaban J connectivity index is 1.92. The first-order chi connectivity index (χ1) is 11.1. The second-order valence-corrected chi connectivity index (χ2v) is 7.16. The first-order valence-electron chi connectivity index (χ1n) is 7.24. The molecule has 1 aromatic heterocycles. The normalized spacial score (nSPS) is 17.9. The molecule has 1 aliphatic heterocycles. The average Bonchev–Trinajstić information content (AvgIpc) is 2.88. The summed E-state index contributed by atoms with van der Waals surface area (Å²) >= 11 is 0.952. The number of aromatic nitrogens is 1. The summed E-state index contributed by atoms with van der Waals surface area (Å²) in [6.45, 7) is 5.19. The molecule has 0 radical (unpaired) electrons. The van der Waals surface area contributed by atoms with Crippen LogP contribution in [0, 0.1) is 0 Å². The van der Waals surface area contributed by atoms with E-state index in [4.69, 9.17) is 4.74 Å². The van der Waals surface area contributed by atoms with Crippen LogP contribution in [0.15, 0.2) is 6.20 Å². The van der Waals surface area contributed by atoms with Crippen molar-refractivity contribution in [2.75, 3.05) is 5.32 Å². The third kappa shape index (κ3) is 5.01. The van der Waals surface area contributed by atoms with Crippen LogP contribution in [-0.2, 0) is 14.3 Å². The highest BCUT2D eigenvalue weighted by Gasteiger charge is 2.28. The van der Waals surface area contributed by atoms with Crippen molar-refractivity contribution in [3.63, 3.8) is 0 Å². The van der Waals surface area contributed by atoms with Crippen LogP contribution in [0.3, 0.4) is 0 Å². The number of nitrogens with one attached hydrogen (secondary N) is 3. The van der Waals surface area contributed by atoms with Gasteiger partial charge in [0.05, 0.1) is 6.20 Å². The lowest BCUT2D eigenvalue weighted by atomic mass is 10.1. The largest absolute Gasteiger partial charge is 0.444 e. The minimum atomic E-state index is -0.764. The number of piperidine rings is 1. The Hall–Kier alpha value is -2.49. The monoisotopic (exact) mass is 354 g/mol. The van der Waals surface area contributed by atoms with Gasteiger partial charge in [-0.05, 0) is 27.2 Å². The first kappa shape index (κ1) is 17.9. The Labute approximate surface area is 142 Å². The molecule has 1 saturated heterocycles. The standard InChI is InChI=1S/C14H18N4O5S/c1-14(2,3)23-13(22)18-12-15-6-8(24-12)11(21)16-7-4-5-9(19)17-10(7)20/h6-7H,4-5H2,1-3H3,(H,16,21)(H,15,18,22)(H,17,19,20). The van der Waals surface area contributed by atoms with Gasteiger partial charge in [-0.3, -0.25) is 25.0 Å². The first-order valence-corrected chi connectivity index (χ1v) is 8.06. The summed E-state index contributed by atoms with van der Waals surface area (Å²) in [5.74, 6) is -1.39. The van der Waals surface area contributed by atoms with Gasteiger partial charge >= 0.3 is 6.09 Å². The predicted molar refractivity (Wildman–Crippen MR) is 85.6 cm³/mol. The smallest absolute Gasteiger partial charge is 0.413 e. The van der Waals surface area contributed by atoms with E-state index in [1.54, 1.807) is 20.8 Å². The van der Waals surface area contributed by atoms with E-state index >= 15 is 0 Å². The third-order valence-electron chi connectivity index (χ3n) is 2.88. The van der Waals surface area contributed by atoms with Crippen molar-refractivity contribution in [3.8, 4) is 0 Å². The summed E-state index contributed by atoms with van der Waals surface area (Å²) in [7, 11) is 0. The fraction of sp³-hybridized carbons (Fsp3) is 0.500. The fourth-order valence-electron chi connectivity index (χ4n) is 1.89. The van der Waals surface area contributed by atoms with Gasteiger partial charge in [0.2, 0.25) is 11.8 Å². The van der Waals surface area contributed by atoms with Gasteiger partial charge in [-0.2, -0.15) is 0 Å². The summed E-state index contributed by atoms with van der Waals surface area (Å²) in [6, 6.07) is -0.764. The van der Waals surface area contributed by atoms with Gasteiger partial charge in [0.1, 0.15) is 16.5 Å². The molecular weight excluding hydrogens is 336 g/mol. The lowest BCUT2D eigenvalue weighted by Crippen LogP contribution is -2.52. The molecule has 24 heavy (non-hydrogen) atoms. The number of thiazole rings is 1. The van der Waals surface area contributed by atoms with Gasteiger partial charge in [-0.25, -0.2) is 9.78 Å². The van der Waals surface area contributed by atoms with E-state index in [0.29, 0.717) is 0 Å². The summed E-state index contributed by atoms with van der Waals surface area (Å²) in [4.78, 5) is 50.6. The molecule has 0 aliphatic carbocycles. The molecule has 3 N–H and O–H groups in total. The Kier molecular flexibility index (Phi) is 5.17. The molecule has 1 unspecified atom stereocenters. The molecule has 1 aliphatic rings. The van der Waals surface area contributed by atoms with Crippen molar-refractivity contribution in [1.82, 2.24) is 15.6 Å². The topological polar surface area (TPSA) is 126 Å². The van der Waals surface area contributed by atoms with Gasteiger partial charge < -0.3 is 10.1 Å². The summed E-state index contributed by atoms with van der Waals surface area (Å²) in [5, 5.41) is 7.33. The van der Waals surface area contributed by atoms with E-state index in [1.165, 1.54) is 6.20 Å². The van der Waals surface area contributed by atoms with Crippen LogP contribution in [0.2, 0.25) is 0 Å². The van der Waals surface area contributed by atoms with E-state index in [-0.39, 0.29) is 28.8 Å². The Bertz CT molecular complexity index is 679. The third-order valence-corrected chi connectivity index (χ3v) is 3.79. The van der Waals surface area contributed by atoms with Crippen LogP contribution in [0.5, 0.6) is 0 Å². The number of rotatable bonds is 3. The summed E-state index contributed by atoms with van der Waals surface area (Å²) in [6.07, 6.45) is 1.04. The molecule has 9 nitrogen and oxygen atoms in total. The summed E-state index contributed by atoms with van der Waals surface area (Å²) in [5.41, 5.74) is -0.646. The number of hydrogen-bond donors (Lipinski definition) is 3. The quantitative estimate of drug-likeness (QED) is 0.696. The zero-order valence-electron chi connectivity index (χ0n) is 13.5. The number of nitrogens with zero attached hydrogens (tertiary/aromatic N) is 1. The van der Waals surface area contributed by atoms with E-state index in [2.05, 4.69) is 20.9 Å². The Morgan fingerprint density at radius 1 is 1.38 bits per heavy atom. The second-order valence-electron chi connectivity index (χ2n) is 6.13. The number of ether oxygens (including phenoxy) is 1. The number of carbonyl (C=O) groups excluding carboxylic acids is 4. The van der Waals surface area contributed by atoms with Gasteiger partial charge in [-0.1, -0.05) is 11.3 Å². The minimum absolute atomic E-state index is 0.171. The van der Waals surface area contributed by atoms with Crippen LogP contribution >= 0.6 is 11.3 Å². The molecule has 2 rings (SSSR count). The van der Waals surface area contributed by atoms with Crippen LogP contribution in [0.4, 0.5) is 9.93 Å². The number of amides is 4. The molecule has 1 atom stereocenters. The maximum atomic E-state index is 12.1. The van der Waals surface area contributed by atoms with Crippen molar-refractivity contribution in [2.45, 2.75) is 45.3 Å². The lowest BCUT2D eigenvalue weighted by molar-refractivity contribution is -0.134. The van der Waals surface area contributed by atoms with Crippen LogP contribution in [-0.4, -0.2) is 40.4 Å². The van der Waals surface area contributed by atoms with E-state index in [9.17, 15) is 19.2 Å². The Morgan fingerprint density at radius 2 is 2.08 bits per heavy atom. The number of imide groups is 1. The van der Waals surface area contributed by atoms with Gasteiger partial charge in [0.25, 0.3) is 5.91 Å². The molecule has 0 bridgehead atoms. The molecule has 2 heterocycles. The SMILES string of the molecule is CC(C)(C)OC(=O)Nc1ncc(C(=O)NC2CCC(=O)NC2=O)s1. The van der Waals surface area contributed by atoms with Crippen molar-refractivity contribution < 1.29 is 23.9 Å². The number of carbonyl (C=O) groups is 4. The molecule has 4 amide bonds. The number of anilines is 1. The predicted octanol–water partition coefficient (Wildman–Crippen LogP) is 1.03. The van der Waals surface area contributed by atoms with Gasteiger partial charge in [0, 0.05) is 6.42 Å². The highest BCUT2D eigenvalue weighted by molar-refractivity contribution is 7.17. The lowest BCUT2D eigenvalue weighted by Gasteiger charge is -2.21. The molecule has 0 spiro atoms. The molecule has 1 fully saturated rings. The highest BCUT2D eigenvalue weighted by atomic mass is 32.1. The number of hydrogen-bond acceptors (Lipinski definition) is 7. The van der Waals surface area contributed by atoms with Crippen molar-refractivity contribution in [3.05, 3.63) is 11.1 Å². The summed E-state index contributed by atoms with van der Waals surface area (Å²) < 4.78 is 5.09. The maximum Gasteiger partial charge on any atom is 0.413 e. The molecule has 0 saturated carbocycles. The molecule has 1 aromatic rings. The zero-order valence-corrected chi connectivity index (χ0v) is 14.3. The maximum absolute atomic E-state index is 12.1. The second kappa shape index (κ2) is 6.95. The Morgan fingerprint density at radius 3 is 2.71 bits per heavy atom. The van der Waals surface area contributed by atoms with E-state index < -0.39 is 29.6 Å². The molecule has 0 aromatic carbocycles. The molecule has 130 valence electrons. The van der Waals surface area contributed by atoms with E-state index in [1.807, 2.05) is 0 Å². The highest BCUT2D eigenvalue weighted by Crippen LogP contribution is 2.19. The van der Waals surface area contributed by atoms with Crippen molar-refractivity contribution in [1.29, 1.82) is 0 Å². The van der Waals surface area contributed by atoms with Crippen LogP contribution < -0.4 is 16.0 Å². The van der Waals surface area contributed by atoms with Gasteiger partial charge in [-0.15, -0.1) is 0 Å². The zero-order chi connectivity index (χ0) is 17.9. The van der Waals surface area contributed by atoms with Crippen molar-refractivity contribution in [2.24, 2.45) is 0 Å². The molecule has 10 heteroatoms. The van der Waals surface area contributed by atoms with Crippen LogP contribution in [0.25, 0.3) is 0 Å². The molecular formula is C14H18N4O5S. The minimum Gasteiger partial charge on any atom is -0.444 e. The fourth-order valence-corrected chi connectivity index (χ4v) is 2.59. The average molecular weight is 354 g/mol. The van der Waals surface area contributed by atoms with Gasteiger partial charge in [0.15, 0.2) is 5.13 Å². The van der Waals surface area contributed by atoms with E-state index in [0.717, 1.165) is 11.3 Å². The van der Waals surface area contributed by atoms with Crippen LogP contribution in [0.1, 0.15) is 43.3 Å².